The van der Waals surface area contributed by atoms with E-state index in [1.807, 2.05) is 39.0 Å². The number of piperazine rings is 1. The zero-order valence-corrected chi connectivity index (χ0v) is 23.2. The second-order valence-corrected chi connectivity index (χ2v) is 10.4. The Balaban J connectivity index is 1.40. The molecule has 3 aromatic carbocycles. The Morgan fingerprint density at radius 2 is 1.65 bits per heavy atom. The van der Waals surface area contributed by atoms with Crippen LogP contribution in [0.2, 0.25) is 0 Å². The molecule has 0 unspecified atom stereocenters. The fraction of sp³-hybridized carbons (Fsp3) is 0.323. The fourth-order valence-corrected chi connectivity index (χ4v) is 5.15. The highest BCUT2D eigenvalue weighted by Gasteiger charge is 2.25. The number of aromatic hydroxyl groups is 2. The minimum absolute atomic E-state index is 0.0100. The lowest BCUT2D eigenvalue weighted by molar-refractivity contribution is 0.0951. The number of para-hydroxylation sites is 1. The molecule has 9 heteroatoms. The number of anilines is 1. The highest BCUT2D eigenvalue weighted by molar-refractivity contribution is 5.98. The first-order chi connectivity index (χ1) is 19.4. The van der Waals surface area contributed by atoms with E-state index in [1.54, 1.807) is 6.07 Å². The van der Waals surface area contributed by atoms with Crippen LogP contribution in [0, 0.1) is 0 Å². The van der Waals surface area contributed by atoms with E-state index in [-0.39, 0.29) is 29.0 Å². The molecule has 5 rings (SSSR count). The van der Waals surface area contributed by atoms with Crippen LogP contribution in [0.3, 0.4) is 0 Å². The number of hydrogen-bond donors (Lipinski definition) is 3. The molecule has 1 aliphatic heterocycles. The summed E-state index contributed by atoms with van der Waals surface area (Å²) >= 11 is 0. The Kier molecular flexibility index (Phi) is 8.02. The van der Waals surface area contributed by atoms with Crippen molar-refractivity contribution in [3.63, 3.8) is 0 Å². The van der Waals surface area contributed by atoms with Crippen molar-refractivity contribution >= 4 is 11.6 Å². The van der Waals surface area contributed by atoms with E-state index in [0.29, 0.717) is 23.5 Å². The third-order valence-corrected chi connectivity index (χ3v) is 7.32. The summed E-state index contributed by atoms with van der Waals surface area (Å²) in [5, 5.41) is 32.3. The molecule has 2 heterocycles. The maximum Gasteiger partial charge on any atom is 0.274 e. The summed E-state index contributed by atoms with van der Waals surface area (Å²) in [6.45, 7) is 11.0. The van der Waals surface area contributed by atoms with Crippen molar-refractivity contribution in [1.29, 1.82) is 0 Å². The number of nitrogens with zero attached hydrogens (tertiary/aromatic N) is 5. The Bertz CT molecular complexity index is 1460. The van der Waals surface area contributed by atoms with E-state index in [1.165, 1.54) is 22.0 Å². The molecule has 3 N–H and O–H groups in total. The second kappa shape index (κ2) is 11.8. The van der Waals surface area contributed by atoms with Crippen LogP contribution in [0.25, 0.3) is 16.9 Å². The number of carbonyl (C=O) groups excluding carboxylic acids is 1. The molecule has 0 bridgehead atoms. The van der Waals surface area contributed by atoms with Gasteiger partial charge in [-0.05, 0) is 42.2 Å². The largest absolute Gasteiger partial charge is 0.508 e. The topological polar surface area (TPSA) is 107 Å². The van der Waals surface area contributed by atoms with Gasteiger partial charge in [0.2, 0.25) is 0 Å². The van der Waals surface area contributed by atoms with Gasteiger partial charge in [-0.3, -0.25) is 9.69 Å². The number of rotatable bonds is 8. The van der Waals surface area contributed by atoms with Gasteiger partial charge in [0, 0.05) is 56.6 Å². The first-order valence-corrected chi connectivity index (χ1v) is 13.8. The van der Waals surface area contributed by atoms with Crippen molar-refractivity contribution in [2.45, 2.75) is 33.2 Å². The first-order valence-electron chi connectivity index (χ1n) is 13.8. The van der Waals surface area contributed by atoms with Crippen molar-refractivity contribution in [2.75, 3.05) is 37.6 Å². The van der Waals surface area contributed by atoms with Crippen LogP contribution in [0.4, 0.5) is 5.69 Å². The van der Waals surface area contributed by atoms with Gasteiger partial charge in [0.1, 0.15) is 22.9 Å². The average Bonchev–Trinajstić information content (AvgIpc) is 3.39. The number of nitrogens with one attached hydrogen (secondary N) is 1. The van der Waals surface area contributed by atoms with Gasteiger partial charge in [-0.1, -0.05) is 61.5 Å². The SMILES string of the molecule is CCNC(=O)c1nnn(-c2cc(C(C)C)c(O)cc2O)c1-c1ccc(CN2CCN(c3ccccc3)CC2)cc1. The van der Waals surface area contributed by atoms with Gasteiger partial charge in [-0.25, -0.2) is 4.68 Å². The molecule has 40 heavy (non-hydrogen) atoms. The lowest BCUT2D eigenvalue weighted by atomic mass is 10.0. The smallest absolute Gasteiger partial charge is 0.274 e. The number of benzene rings is 3. The molecular weight excluding hydrogens is 504 g/mol. The van der Waals surface area contributed by atoms with Crippen LogP contribution in [-0.2, 0) is 6.54 Å². The molecular formula is C31H36N6O3. The van der Waals surface area contributed by atoms with Gasteiger partial charge >= 0.3 is 0 Å². The summed E-state index contributed by atoms with van der Waals surface area (Å²) in [7, 11) is 0. The van der Waals surface area contributed by atoms with Crippen LogP contribution in [-0.4, -0.2) is 68.7 Å². The van der Waals surface area contributed by atoms with Gasteiger partial charge in [-0.2, -0.15) is 0 Å². The van der Waals surface area contributed by atoms with Crippen LogP contribution in [0.1, 0.15) is 48.3 Å². The molecule has 1 saturated heterocycles. The normalized spacial score (nSPS) is 14.1. The van der Waals surface area contributed by atoms with Crippen LogP contribution < -0.4 is 10.2 Å². The van der Waals surface area contributed by atoms with Crippen molar-refractivity contribution < 1.29 is 15.0 Å². The lowest BCUT2D eigenvalue weighted by Crippen LogP contribution is -2.45. The maximum atomic E-state index is 12.9. The molecule has 0 atom stereocenters. The van der Waals surface area contributed by atoms with Gasteiger partial charge in [0.05, 0.1) is 0 Å². The molecule has 1 fully saturated rings. The molecule has 0 saturated carbocycles. The van der Waals surface area contributed by atoms with Gasteiger partial charge < -0.3 is 20.4 Å². The minimum Gasteiger partial charge on any atom is -0.508 e. The van der Waals surface area contributed by atoms with E-state index in [2.05, 4.69) is 61.8 Å². The number of phenolic OH excluding ortho intramolecular Hbond substituents is 2. The van der Waals surface area contributed by atoms with Crippen molar-refractivity contribution in [2.24, 2.45) is 0 Å². The van der Waals surface area contributed by atoms with Crippen LogP contribution in [0.5, 0.6) is 11.5 Å². The molecule has 0 spiro atoms. The number of amides is 1. The van der Waals surface area contributed by atoms with E-state index in [4.69, 9.17) is 0 Å². The molecule has 9 nitrogen and oxygen atoms in total. The average molecular weight is 541 g/mol. The standard InChI is InChI=1S/C31H36N6O3/c1-4-32-31(40)29-30(37(34-33-29)26-18-25(21(2)3)27(38)19-28(26)39)23-12-10-22(11-13-23)20-35-14-16-36(17-15-35)24-8-6-5-7-9-24/h5-13,18-19,21,38-39H,4,14-17,20H2,1-3H3,(H,32,40). The number of hydrogen-bond acceptors (Lipinski definition) is 7. The summed E-state index contributed by atoms with van der Waals surface area (Å²) in [6, 6.07) is 21.6. The van der Waals surface area contributed by atoms with E-state index < -0.39 is 0 Å². The van der Waals surface area contributed by atoms with Gasteiger partial charge in [-0.15, -0.1) is 5.10 Å². The number of aromatic nitrogens is 3. The number of phenols is 2. The Morgan fingerprint density at radius 1 is 0.950 bits per heavy atom. The zero-order valence-electron chi connectivity index (χ0n) is 23.2. The molecule has 1 amide bonds. The Hall–Kier alpha value is -4.37. The van der Waals surface area contributed by atoms with E-state index in [0.717, 1.165) is 38.3 Å². The van der Waals surface area contributed by atoms with Crippen molar-refractivity contribution in [1.82, 2.24) is 25.2 Å². The van der Waals surface area contributed by atoms with Crippen LogP contribution in [0.15, 0.2) is 66.7 Å². The summed E-state index contributed by atoms with van der Waals surface area (Å²) in [6.07, 6.45) is 0. The van der Waals surface area contributed by atoms with Crippen molar-refractivity contribution in [3.8, 4) is 28.4 Å². The lowest BCUT2D eigenvalue weighted by Gasteiger charge is -2.36. The Morgan fingerprint density at radius 3 is 2.30 bits per heavy atom. The van der Waals surface area contributed by atoms with Gasteiger partial charge in [0.15, 0.2) is 5.69 Å². The molecule has 208 valence electrons. The third kappa shape index (κ3) is 5.65. The highest BCUT2D eigenvalue weighted by Crippen LogP contribution is 2.36. The minimum atomic E-state index is -0.341. The quantitative estimate of drug-likeness (QED) is 0.301. The monoisotopic (exact) mass is 540 g/mol. The van der Waals surface area contributed by atoms with E-state index in [9.17, 15) is 15.0 Å². The van der Waals surface area contributed by atoms with E-state index >= 15 is 0 Å². The zero-order chi connectivity index (χ0) is 28.2. The molecule has 0 radical (unpaired) electrons. The van der Waals surface area contributed by atoms with Crippen molar-refractivity contribution in [3.05, 3.63) is 83.6 Å². The Labute approximate surface area is 234 Å². The highest BCUT2D eigenvalue weighted by atomic mass is 16.3. The third-order valence-electron chi connectivity index (χ3n) is 7.32. The molecule has 0 aliphatic carbocycles. The number of carbonyl (C=O) groups is 1. The summed E-state index contributed by atoms with van der Waals surface area (Å²) in [4.78, 5) is 17.8. The predicted octanol–water partition coefficient (Wildman–Crippen LogP) is 4.54. The second-order valence-electron chi connectivity index (χ2n) is 10.4. The molecule has 4 aromatic rings. The summed E-state index contributed by atoms with van der Waals surface area (Å²) < 4.78 is 1.48. The van der Waals surface area contributed by atoms with Gasteiger partial charge in [0.25, 0.3) is 5.91 Å². The maximum absolute atomic E-state index is 12.9. The van der Waals surface area contributed by atoms with Crippen LogP contribution >= 0.6 is 0 Å². The summed E-state index contributed by atoms with van der Waals surface area (Å²) in [5.74, 6) is -0.466. The molecule has 1 aromatic heterocycles. The first kappa shape index (κ1) is 27.2. The fourth-order valence-electron chi connectivity index (χ4n) is 5.15. The molecule has 1 aliphatic rings. The predicted molar refractivity (Wildman–Crippen MR) is 156 cm³/mol. The summed E-state index contributed by atoms with van der Waals surface area (Å²) in [5.41, 5.74) is 4.85.